The van der Waals surface area contributed by atoms with Gasteiger partial charge >= 0.3 is 0 Å². The van der Waals surface area contributed by atoms with Crippen molar-refractivity contribution in [2.24, 2.45) is 5.92 Å². The van der Waals surface area contributed by atoms with Crippen molar-refractivity contribution in [1.82, 2.24) is 0 Å². The highest BCUT2D eigenvalue weighted by Gasteiger charge is 2.45. The molecule has 0 radical (unpaired) electrons. The largest absolute Gasteiger partial charge is 0.394 e. The van der Waals surface area contributed by atoms with Gasteiger partial charge in [-0.2, -0.15) is 0 Å². The summed E-state index contributed by atoms with van der Waals surface area (Å²) in [5.41, 5.74) is 1.01. The maximum atomic E-state index is 11.1. The van der Waals surface area contributed by atoms with Gasteiger partial charge in [-0.05, 0) is 5.56 Å². The Labute approximate surface area is 112 Å². The highest BCUT2D eigenvalue weighted by Crippen LogP contribution is 2.29. The monoisotopic (exact) mass is 266 g/mol. The fourth-order valence-corrected chi connectivity index (χ4v) is 2.21. The van der Waals surface area contributed by atoms with E-state index >= 15 is 0 Å². The molecular weight excluding hydrogens is 248 g/mol. The quantitative estimate of drug-likeness (QED) is 0.770. The van der Waals surface area contributed by atoms with Crippen LogP contribution in [0.5, 0.6) is 0 Å². The normalized spacial score (nSPS) is 30.4. The summed E-state index contributed by atoms with van der Waals surface area (Å²) >= 11 is 0. The lowest BCUT2D eigenvalue weighted by Gasteiger charge is -2.19. The second-order valence-corrected chi connectivity index (χ2v) is 4.44. The third kappa shape index (κ3) is 3.19. The molecule has 0 unspecified atom stereocenters. The van der Waals surface area contributed by atoms with Crippen LogP contribution in [0.25, 0.3) is 0 Å². The van der Waals surface area contributed by atoms with Gasteiger partial charge in [0.1, 0.15) is 12.4 Å². The zero-order valence-corrected chi connectivity index (χ0v) is 10.8. The number of aliphatic hydroxyl groups is 1. The summed E-state index contributed by atoms with van der Waals surface area (Å²) in [4.78, 5) is 11.1. The molecule has 1 aromatic carbocycles. The molecule has 19 heavy (non-hydrogen) atoms. The van der Waals surface area contributed by atoms with Crippen LogP contribution in [0.2, 0.25) is 0 Å². The van der Waals surface area contributed by atoms with Gasteiger partial charge in [-0.25, -0.2) is 0 Å². The van der Waals surface area contributed by atoms with E-state index in [1.54, 1.807) is 0 Å². The van der Waals surface area contributed by atoms with E-state index in [4.69, 9.17) is 14.2 Å². The number of hydrogen-bond acceptors (Lipinski definition) is 5. The number of rotatable bonds is 6. The smallest absolute Gasteiger partial charge is 0.184 e. The number of aliphatic hydroxyl groups excluding tert-OH is 1. The number of methoxy groups -OCH3 is 1. The van der Waals surface area contributed by atoms with Crippen molar-refractivity contribution in [3.63, 3.8) is 0 Å². The first-order valence-electron chi connectivity index (χ1n) is 6.20. The van der Waals surface area contributed by atoms with E-state index in [-0.39, 0.29) is 6.61 Å². The van der Waals surface area contributed by atoms with Gasteiger partial charge in [0, 0.05) is 7.11 Å². The maximum absolute atomic E-state index is 11.1. The van der Waals surface area contributed by atoms with Crippen LogP contribution < -0.4 is 0 Å². The molecule has 1 heterocycles. The molecule has 0 aliphatic carbocycles. The standard InChI is InChI=1S/C14H18O5/c1-17-14-13(11(7-15)12(8-16)19-14)18-9-10-5-3-2-4-6-10/h2-7,11-14,16H,8-9H2,1H3/t11-,12+,13-,14-/m0/s1. The van der Waals surface area contributed by atoms with Crippen LogP contribution in [0, 0.1) is 5.92 Å². The molecule has 104 valence electrons. The summed E-state index contributed by atoms with van der Waals surface area (Å²) in [5, 5.41) is 9.19. The molecule has 0 spiro atoms. The average molecular weight is 266 g/mol. The Hall–Kier alpha value is -1.27. The van der Waals surface area contributed by atoms with Crippen LogP contribution in [-0.4, -0.2) is 43.6 Å². The predicted molar refractivity (Wildman–Crippen MR) is 67.3 cm³/mol. The zero-order valence-electron chi connectivity index (χ0n) is 10.8. The minimum atomic E-state index is -0.629. The molecular formula is C14H18O5. The van der Waals surface area contributed by atoms with E-state index in [1.807, 2.05) is 30.3 Å². The Balaban J connectivity index is 2.01. The van der Waals surface area contributed by atoms with Crippen LogP contribution in [0.1, 0.15) is 5.56 Å². The van der Waals surface area contributed by atoms with Crippen LogP contribution >= 0.6 is 0 Å². The van der Waals surface area contributed by atoms with E-state index in [1.165, 1.54) is 7.11 Å². The first kappa shape index (κ1) is 14.1. The lowest BCUT2D eigenvalue weighted by molar-refractivity contribution is -0.167. The van der Waals surface area contributed by atoms with Gasteiger partial charge in [0.2, 0.25) is 0 Å². The molecule has 1 aliphatic rings. The van der Waals surface area contributed by atoms with Gasteiger partial charge in [0.15, 0.2) is 6.29 Å². The summed E-state index contributed by atoms with van der Waals surface area (Å²) in [6.07, 6.45) is -0.936. The third-order valence-electron chi connectivity index (χ3n) is 3.24. The van der Waals surface area contributed by atoms with Crippen molar-refractivity contribution in [1.29, 1.82) is 0 Å². The molecule has 0 bridgehead atoms. The molecule has 0 aromatic heterocycles. The van der Waals surface area contributed by atoms with Crippen molar-refractivity contribution < 1.29 is 24.1 Å². The molecule has 1 fully saturated rings. The first-order valence-corrected chi connectivity index (χ1v) is 6.20. The summed E-state index contributed by atoms with van der Waals surface area (Å²) < 4.78 is 16.3. The molecule has 0 amide bonds. The fraction of sp³-hybridized carbons (Fsp3) is 0.500. The molecule has 0 saturated carbocycles. The van der Waals surface area contributed by atoms with Crippen molar-refractivity contribution in [2.75, 3.05) is 13.7 Å². The SMILES string of the molecule is CO[C@H]1O[C@H](CO)[C@H](C=O)[C@@H]1OCc1ccccc1. The van der Waals surface area contributed by atoms with E-state index < -0.39 is 24.4 Å². The van der Waals surface area contributed by atoms with E-state index in [2.05, 4.69) is 0 Å². The second-order valence-electron chi connectivity index (χ2n) is 4.44. The topological polar surface area (TPSA) is 65.0 Å². The number of benzene rings is 1. The molecule has 1 aliphatic heterocycles. The molecule has 5 nitrogen and oxygen atoms in total. The fourth-order valence-electron chi connectivity index (χ4n) is 2.21. The van der Waals surface area contributed by atoms with Gasteiger partial charge in [0.05, 0.1) is 25.2 Å². The number of aldehydes is 1. The van der Waals surface area contributed by atoms with Crippen molar-refractivity contribution in [3.05, 3.63) is 35.9 Å². The van der Waals surface area contributed by atoms with Gasteiger partial charge in [0.25, 0.3) is 0 Å². The van der Waals surface area contributed by atoms with Crippen LogP contribution in [-0.2, 0) is 25.6 Å². The molecule has 4 atom stereocenters. The molecule has 1 N–H and O–H groups in total. The Morgan fingerprint density at radius 2 is 2.11 bits per heavy atom. The second kappa shape index (κ2) is 6.77. The Bertz CT molecular complexity index is 394. The van der Waals surface area contributed by atoms with Crippen molar-refractivity contribution in [2.45, 2.75) is 25.1 Å². The predicted octanol–water partition coefficient (Wildman–Crippen LogP) is 0.750. The summed E-state index contributed by atoms with van der Waals surface area (Å²) in [5.74, 6) is -0.515. The van der Waals surface area contributed by atoms with E-state index in [9.17, 15) is 9.90 Å². The van der Waals surface area contributed by atoms with E-state index in [0.717, 1.165) is 11.8 Å². The lowest BCUT2D eigenvalue weighted by Crippen LogP contribution is -2.33. The minimum Gasteiger partial charge on any atom is -0.394 e. The summed E-state index contributed by atoms with van der Waals surface area (Å²) in [6, 6.07) is 9.65. The molecule has 5 heteroatoms. The van der Waals surface area contributed by atoms with Crippen molar-refractivity contribution in [3.8, 4) is 0 Å². The molecule has 1 aromatic rings. The van der Waals surface area contributed by atoms with Gasteiger partial charge in [-0.1, -0.05) is 30.3 Å². The third-order valence-corrected chi connectivity index (χ3v) is 3.24. The number of hydrogen-bond donors (Lipinski definition) is 1. The average Bonchev–Trinajstić information content (AvgIpc) is 2.83. The lowest BCUT2D eigenvalue weighted by atomic mass is 10.0. The minimum absolute atomic E-state index is 0.228. The molecule has 1 saturated heterocycles. The highest BCUT2D eigenvalue weighted by molar-refractivity contribution is 5.56. The first-order chi connectivity index (χ1) is 9.30. The maximum Gasteiger partial charge on any atom is 0.184 e. The number of ether oxygens (including phenoxy) is 3. The van der Waals surface area contributed by atoms with Crippen LogP contribution in [0.4, 0.5) is 0 Å². The number of carbonyl (C=O) groups is 1. The Kier molecular flexibility index (Phi) is 5.04. The zero-order chi connectivity index (χ0) is 13.7. The van der Waals surface area contributed by atoms with E-state index in [0.29, 0.717) is 6.61 Å². The number of carbonyl (C=O) groups excluding carboxylic acids is 1. The Morgan fingerprint density at radius 1 is 1.37 bits per heavy atom. The van der Waals surface area contributed by atoms with Gasteiger partial charge in [-0.3, -0.25) is 0 Å². The summed E-state index contributed by atoms with van der Waals surface area (Å²) in [7, 11) is 1.49. The Morgan fingerprint density at radius 3 is 2.68 bits per heavy atom. The van der Waals surface area contributed by atoms with Crippen molar-refractivity contribution >= 4 is 6.29 Å². The summed E-state index contributed by atoms with van der Waals surface area (Å²) in [6.45, 7) is 0.145. The molecule has 2 rings (SSSR count). The van der Waals surface area contributed by atoms with Crippen LogP contribution in [0.3, 0.4) is 0 Å². The van der Waals surface area contributed by atoms with Gasteiger partial charge < -0.3 is 24.1 Å². The van der Waals surface area contributed by atoms with Crippen LogP contribution in [0.15, 0.2) is 30.3 Å². The highest BCUT2D eigenvalue weighted by atomic mass is 16.7. The van der Waals surface area contributed by atoms with Gasteiger partial charge in [-0.15, -0.1) is 0 Å².